The lowest BCUT2D eigenvalue weighted by atomic mass is 10.2. The molecule has 0 fully saturated rings. The number of rotatable bonds is 4. The molecule has 0 saturated heterocycles. The summed E-state index contributed by atoms with van der Waals surface area (Å²) in [7, 11) is 0. The Bertz CT molecular complexity index is 1000. The van der Waals surface area contributed by atoms with Crippen LogP contribution < -0.4 is 0 Å². The summed E-state index contributed by atoms with van der Waals surface area (Å²) in [5, 5.41) is 4.60. The quantitative estimate of drug-likeness (QED) is 0.561. The van der Waals surface area contributed by atoms with Crippen molar-refractivity contribution in [2.24, 2.45) is 0 Å². The van der Waals surface area contributed by atoms with E-state index in [2.05, 4.69) is 21.1 Å². The van der Waals surface area contributed by atoms with Gasteiger partial charge in [0.25, 0.3) is 0 Å². The molecule has 0 spiro atoms. The van der Waals surface area contributed by atoms with Crippen molar-refractivity contribution in [3.63, 3.8) is 0 Å². The minimum Gasteiger partial charge on any atom is -0.453 e. The molecule has 0 aliphatic rings. The fourth-order valence-electron chi connectivity index (χ4n) is 2.77. The lowest BCUT2D eigenvalue weighted by Gasteiger charge is -2.03. The number of benzene rings is 1. The zero-order valence-electron chi connectivity index (χ0n) is 14.2. The molecule has 4 rings (SSSR count). The van der Waals surface area contributed by atoms with Gasteiger partial charge in [-0.25, -0.2) is 9.67 Å². The Hall–Kier alpha value is -3.21. The molecule has 0 radical (unpaired) electrons. The molecule has 0 unspecified atom stereocenters. The van der Waals surface area contributed by atoms with Gasteiger partial charge in [0.2, 0.25) is 5.82 Å². The number of aromatic nitrogens is 4. The van der Waals surface area contributed by atoms with Crippen molar-refractivity contribution >= 4 is 0 Å². The summed E-state index contributed by atoms with van der Waals surface area (Å²) >= 11 is 0. The van der Waals surface area contributed by atoms with E-state index in [0.29, 0.717) is 18.1 Å². The second kappa shape index (κ2) is 6.36. The Morgan fingerprint density at radius 3 is 2.56 bits per heavy atom. The summed E-state index contributed by atoms with van der Waals surface area (Å²) in [6.45, 7) is 4.59. The molecule has 0 atom stereocenters. The molecule has 4 aromatic rings. The van der Waals surface area contributed by atoms with E-state index in [9.17, 15) is 0 Å². The van der Waals surface area contributed by atoms with E-state index in [4.69, 9.17) is 4.42 Å². The summed E-state index contributed by atoms with van der Waals surface area (Å²) in [4.78, 5) is 8.78. The van der Waals surface area contributed by atoms with E-state index in [1.54, 1.807) is 0 Å². The second-order valence-corrected chi connectivity index (χ2v) is 5.98. The van der Waals surface area contributed by atoms with Crippen LogP contribution in [0.2, 0.25) is 0 Å². The first-order chi connectivity index (χ1) is 12.2. The largest absolute Gasteiger partial charge is 0.453 e. The van der Waals surface area contributed by atoms with Crippen LogP contribution in [0.5, 0.6) is 0 Å². The molecule has 25 heavy (non-hydrogen) atoms. The lowest BCUT2D eigenvalue weighted by Crippen LogP contribution is -2.04. The standard InChI is InChI=1S/C20H18N4O/c1-14-12-16(10-11-21-14)13-24-15(2)22-20(23-24)19-9-8-18(25-19)17-6-4-3-5-7-17/h3-12H,13H2,1-2H3. The Balaban J connectivity index is 1.61. The molecule has 0 aliphatic carbocycles. The van der Waals surface area contributed by atoms with Gasteiger partial charge >= 0.3 is 0 Å². The average Bonchev–Trinajstić information content (AvgIpc) is 3.23. The smallest absolute Gasteiger partial charge is 0.217 e. The highest BCUT2D eigenvalue weighted by Gasteiger charge is 2.13. The Morgan fingerprint density at radius 1 is 0.960 bits per heavy atom. The predicted molar refractivity (Wildman–Crippen MR) is 96.0 cm³/mol. The molecular weight excluding hydrogens is 312 g/mol. The maximum atomic E-state index is 5.95. The normalized spacial score (nSPS) is 11.0. The fourth-order valence-corrected chi connectivity index (χ4v) is 2.77. The van der Waals surface area contributed by atoms with Crippen molar-refractivity contribution < 1.29 is 4.42 Å². The van der Waals surface area contributed by atoms with E-state index >= 15 is 0 Å². The van der Waals surface area contributed by atoms with Crippen molar-refractivity contribution in [1.29, 1.82) is 0 Å². The number of aryl methyl sites for hydroxylation is 2. The topological polar surface area (TPSA) is 56.7 Å². The number of hydrogen-bond donors (Lipinski definition) is 0. The molecule has 0 bridgehead atoms. The highest BCUT2D eigenvalue weighted by atomic mass is 16.3. The van der Waals surface area contributed by atoms with Gasteiger partial charge in [0.05, 0.1) is 6.54 Å². The minimum atomic E-state index is 0.602. The second-order valence-electron chi connectivity index (χ2n) is 5.98. The monoisotopic (exact) mass is 330 g/mol. The van der Waals surface area contributed by atoms with Gasteiger partial charge in [0, 0.05) is 17.5 Å². The first-order valence-electron chi connectivity index (χ1n) is 8.17. The van der Waals surface area contributed by atoms with Gasteiger partial charge in [-0.05, 0) is 43.7 Å². The molecule has 3 heterocycles. The van der Waals surface area contributed by atoms with Gasteiger partial charge in [-0.15, -0.1) is 5.10 Å². The molecule has 5 nitrogen and oxygen atoms in total. The third-order valence-corrected chi connectivity index (χ3v) is 4.03. The maximum Gasteiger partial charge on any atom is 0.217 e. The third-order valence-electron chi connectivity index (χ3n) is 4.03. The SMILES string of the molecule is Cc1cc(Cn2nc(-c3ccc(-c4ccccc4)o3)nc2C)ccn1. The van der Waals surface area contributed by atoms with Gasteiger partial charge in [0.1, 0.15) is 11.6 Å². The van der Waals surface area contributed by atoms with Crippen LogP contribution >= 0.6 is 0 Å². The zero-order valence-corrected chi connectivity index (χ0v) is 14.2. The van der Waals surface area contributed by atoms with Gasteiger partial charge in [-0.1, -0.05) is 30.3 Å². The maximum absolute atomic E-state index is 5.95. The van der Waals surface area contributed by atoms with E-state index in [1.807, 2.05) is 73.3 Å². The highest BCUT2D eigenvalue weighted by Crippen LogP contribution is 2.26. The first-order valence-corrected chi connectivity index (χ1v) is 8.17. The van der Waals surface area contributed by atoms with Gasteiger partial charge in [-0.3, -0.25) is 4.98 Å². The molecule has 0 saturated carbocycles. The first kappa shape index (κ1) is 15.3. The van der Waals surface area contributed by atoms with Crippen LogP contribution in [-0.2, 0) is 6.54 Å². The number of furan rings is 1. The molecule has 3 aromatic heterocycles. The van der Waals surface area contributed by atoms with Gasteiger partial charge in [-0.2, -0.15) is 0 Å². The fraction of sp³-hybridized carbons (Fsp3) is 0.150. The third kappa shape index (κ3) is 3.21. The lowest BCUT2D eigenvalue weighted by molar-refractivity contribution is 0.588. The van der Waals surface area contributed by atoms with Gasteiger partial charge < -0.3 is 4.42 Å². The van der Waals surface area contributed by atoms with E-state index in [1.165, 1.54) is 0 Å². The predicted octanol–water partition coefficient (Wildman–Crippen LogP) is 4.27. The number of nitrogens with zero attached hydrogens (tertiary/aromatic N) is 4. The minimum absolute atomic E-state index is 0.602. The van der Waals surface area contributed by atoms with Crippen molar-refractivity contribution in [2.75, 3.05) is 0 Å². The van der Waals surface area contributed by atoms with Crippen molar-refractivity contribution in [1.82, 2.24) is 19.7 Å². The van der Waals surface area contributed by atoms with Crippen LogP contribution in [0.15, 0.2) is 65.2 Å². The van der Waals surface area contributed by atoms with Crippen LogP contribution in [0.25, 0.3) is 22.9 Å². The molecule has 1 aromatic carbocycles. The van der Waals surface area contributed by atoms with Crippen LogP contribution in [0, 0.1) is 13.8 Å². The van der Waals surface area contributed by atoms with E-state index in [-0.39, 0.29) is 0 Å². The summed E-state index contributed by atoms with van der Waals surface area (Å²) in [5.41, 5.74) is 3.18. The van der Waals surface area contributed by atoms with E-state index < -0.39 is 0 Å². The molecule has 0 amide bonds. The van der Waals surface area contributed by atoms with Gasteiger partial charge in [0.15, 0.2) is 5.76 Å². The summed E-state index contributed by atoms with van der Waals surface area (Å²) in [6.07, 6.45) is 1.82. The number of pyridine rings is 1. The van der Waals surface area contributed by atoms with Crippen LogP contribution in [0.3, 0.4) is 0 Å². The molecular formula is C20H18N4O. The molecule has 0 N–H and O–H groups in total. The molecule has 0 aliphatic heterocycles. The molecule has 124 valence electrons. The van der Waals surface area contributed by atoms with Crippen LogP contribution in [0.4, 0.5) is 0 Å². The van der Waals surface area contributed by atoms with Crippen molar-refractivity contribution in [2.45, 2.75) is 20.4 Å². The number of hydrogen-bond acceptors (Lipinski definition) is 4. The van der Waals surface area contributed by atoms with Crippen LogP contribution in [0.1, 0.15) is 17.1 Å². The summed E-state index contributed by atoms with van der Waals surface area (Å²) in [5.74, 6) is 2.94. The van der Waals surface area contributed by atoms with Crippen LogP contribution in [-0.4, -0.2) is 19.7 Å². The Labute approximate surface area is 146 Å². The van der Waals surface area contributed by atoms with Crippen molar-refractivity contribution in [3.05, 3.63) is 77.9 Å². The average molecular weight is 330 g/mol. The summed E-state index contributed by atoms with van der Waals surface area (Å²) in [6, 6.07) is 17.9. The van der Waals surface area contributed by atoms with Crippen molar-refractivity contribution in [3.8, 4) is 22.9 Å². The molecule has 5 heteroatoms. The summed E-state index contributed by atoms with van der Waals surface area (Å²) < 4.78 is 7.83. The van der Waals surface area contributed by atoms with E-state index in [0.717, 1.165) is 28.4 Å². The highest BCUT2D eigenvalue weighted by molar-refractivity contribution is 5.61. The Kier molecular flexibility index (Phi) is 3.90. The zero-order chi connectivity index (χ0) is 17.2. The Morgan fingerprint density at radius 2 is 1.76 bits per heavy atom.